The van der Waals surface area contributed by atoms with E-state index < -0.39 is 17.8 Å². The van der Waals surface area contributed by atoms with Crippen molar-refractivity contribution in [2.75, 3.05) is 7.11 Å². The summed E-state index contributed by atoms with van der Waals surface area (Å²) < 4.78 is 5.53. The topological polar surface area (TPSA) is 66.8 Å². The van der Waals surface area contributed by atoms with Crippen molar-refractivity contribution in [1.82, 2.24) is 0 Å². The first kappa shape index (κ1) is 16.2. The lowest BCUT2D eigenvalue weighted by Gasteiger charge is -2.54. The summed E-state index contributed by atoms with van der Waals surface area (Å²) in [6.07, 6.45) is 10.4. The van der Waals surface area contributed by atoms with Crippen LogP contribution >= 0.6 is 0 Å². The highest BCUT2D eigenvalue weighted by Crippen LogP contribution is 2.51. The molecular weight excluding hydrogens is 280 g/mol. The van der Waals surface area contributed by atoms with Crippen LogP contribution in [0.3, 0.4) is 0 Å². The Morgan fingerprint density at radius 2 is 2.09 bits per heavy atom. The third-order valence-corrected chi connectivity index (χ3v) is 6.17. The molecular formula is C18H28O4. The molecule has 22 heavy (non-hydrogen) atoms. The SMILES string of the molecule is CO[C@@]12CC[C@H](O)[C@@H](C=C[C@@H](O)CC3CCCC3)[C@@H]1CC2=O. The van der Waals surface area contributed by atoms with E-state index >= 15 is 0 Å². The molecule has 124 valence electrons. The number of aliphatic hydroxyl groups is 2. The lowest BCUT2D eigenvalue weighted by Crippen LogP contribution is -2.64. The fourth-order valence-corrected chi connectivity index (χ4v) is 4.76. The third kappa shape index (κ3) is 2.77. The van der Waals surface area contributed by atoms with Gasteiger partial charge in [-0.15, -0.1) is 0 Å². The minimum Gasteiger partial charge on any atom is -0.393 e. The van der Waals surface area contributed by atoms with Gasteiger partial charge in [0.1, 0.15) is 5.60 Å². The van der Waals surface area contributed by atoms with E-state index in [1.807, 2.05) is 12.2 Å². The predicted molar refractivity (Wildman–Crippen MR) is 83.3 cm³/mol. The zero-order chi connectivity index (χ0) is 15.7. The summed E-state index contributed by atoms with van der Waals surface area (Å²) in [4.78, 5) is 12.0. The summed E-state index contributed by atoms with van der Waals surface area (Å²) in [6.45, 7) is 0. The van der Waals surface area contributed by atoms with Crippen LogP contribution in [0.4, 0.5) is 0 Å². The van der Waals surface area contributed by atoms with Crippen LogP contribution in [-0.2, 0) is 9.53 Å². The number of methoxy groups -OCH3 is 1. The Labute approximate surface area is 132 Å². The lowest BCUT2D eigenvalue weighted by molar-refractivity contribution is -0.191. The van der Waals surface area contributed by atoms with Crippen molar-refractivity contribution in [3.63, 3.8) is 0 Å². The van der Waals surface area contributed by atoms with Crippen molar-refractivity contribution in [2.24, 2.45) is 17.8 Å². The second-order valence-corrected chi connectivity index (χ2v) is 7.35. The second kappa shape index (κ2) is 6.42. The number of carbonyl (C=O) groups excluding carboxylic acids is 1. The highest BCUT2D eigenvalue weighted by Gasteiger charge is 2.60. The molecule has 0 aromatic heterocycles. The lowest BCUT2D eigenvalue weighted by atomic mass is 9.55. The second-order valence-electron chi connectivity index (χ2n) is 7.35. The summed E-state index contributed by atoms with van der Waals surface area (Å²) in [7, 11) is 1.59. The maximum absolute atomic E-state index is 12.0. The summed E-state index contributed by atoms with van der Waals surface area (Å²) in [5, 5.41) is 20.5. The van der Waals surface area contributed by atoms with Crippen molar-refractivity contribution < 1.29 is 19.7 Å². The van der Waals surface area contributed by atoms with Gasteiger partial charge < -0.3 is 14.9 Å². The van der Waals surface area contributed by atoms with Crippen LogP contribution in [0.15, 0.2) is 12.2 Å². The number of ketones is 1. The van der Waals surface area contributed by atoms with E-state index in [1.54, 1.807) is 7.11 Å². The van der Waals surface area contributed by atoms with Gasteiger partial charge in [-0.1, -0.05) is 37.8 Å². The van der Waals surface area contributed by atoms with Crippen LogP contribution in [0, 0.1) is 17.8 Å². The quantitative estimate of drug-likeness (QED) is 0.764. The van der Waals surface area contributed by atoms with E-state index in [4.69, 9.17) is 4.74 Å². The standard InChI is InChI=1S/C18H28O4/c1-22-18-9-8-16(20)14(15(18)11-17(18)21)7-6-13(19)10-12-4-2-3-5-12/h6-7,12-16,19-20H,2-5,8-11H2,1H3/t13-,14+,15+,16+,18+/m1/s1. The number of carbonyl (C=O) groups is 1. The number of aliphatic hydroxyl groups excluding tert-OH is 2. The molecule has 3 aliphatic rings. The average Bonchev–Trinajstić information content (AvgIpc) is 2.99. The number of hydrogen-bond acceptors (Lipinski definition) is 4. The van der Waals surface area contributed by atoms with Crippen molar-refractivity contribution in [3.05, 3.63) is 12.2 Å². The van der Waals surface area contributed by atoms with Gasteiger partial charge >= 0.3 is 0 Å². The van der Waals surface area contributed by atoms with Gasteiger partial charge in [0.25, 0.3) is 0 Å². The van der Waals surface area contributed by atoms with Gasteiger partial charge in [0.15, 0.2) is 5.78 Å². The Hall–Kier alpha value is -0.710. The molecule has 4 heteroatoms. The molecule has 3 rings (SSSR count). The van der Waals surface area contributed by atoms with Gasteiger partial charge in [0.05, 0.1) is 12.2 Å². The molecule has 5 atom stereocenters. The fraction of sp³-hybridized carbons (Fsp3) is 0.833. The van der Waals surface area contributed by atoms with E-state index in [0.717, 1.165) is 6.42 Å². The average molecular weight is 308 g/mol. The summed E-state index contributed by atoms with van der Waals surface area (Å²) in [5.41, 5.74) is -0.676. The predicted octanol–water partition coefficient (Wildman–Crippen LogP) is 2.23. The first-order chi connectivity index (χ1) is 10.6. The largest absolute Gasteiger partial charge is 0.393 e. The zero-order valence-corrected chi connectivity index (χ0v) is 13.4. The number of hydrogen-bond donors (Lipinski definition) is 2. The number of fused-ring (bicyclic) bond motifs is 1. The minimum atomic E-state index is -0.676. The smallest absolute Gasteiger partial charge is 0.165 e. The molecule has 0 spiro atoms. The molecule has 0 bridgehead atoms. The number of rotatable bonds is 5. The Morgan fingerprint density at radius 3 is 2.73 bits per heavy atom. The van der Waals surface area contributed by atoms with Gasteiger partial charge in [0, 0.05) is 25.4 Å². The van der Waals surface area contributed by atoms with E-state index in [2.05, 4.69) is 0 Å². The Bertz CT molecular complexity index is 440. The van der Waals surface area contributed by atoms with Crippen LogP contribution in [-0.4, -0.2) is 40.9 Å². The minimum absolute atomic E-state index is 0.0590. The molecule has 0 aromatic rings. The molecule has 3 saturated carbocycles. The van der Waals surface area contributed by atoms with Crippen LogP contribution in [0.1, 0.15) is 51.4 Å². The summed E-state index contributed by atoms with van der Waals surface area (Å²) >= 11 is 0. The molecule has 0 heterocycles. The van der Waals surface area contributed by atoms with Crippen LogP contribution in [0.2, 0.25) is 0 Å². The monoisotopic (exact) mass is 308 g/mol. The number of ether oxygens (including phenoxy) is 1. The summed E-state index contributed by atoms with van der Waals surface area (Å²) in [6, 6.07) is 0. The zero-order valence-electron chi connectivity index (χ0n) is 13.4. The molecule has 2 N–H and O–H groups in total. The molecule has 3 fully saturated rings. The Kier molecular flexibility index (Phi) is 4.72. The van der Waals surface area contributed by atoms with Crippen molar-refractivity contribution in [3.8, 4) is 0 Å². The van der Waals surface area contributed by atoms with E-state index in [-0.39, 0.29) is 17.6 Å². The first-order valence-electron chi connectivity index (χ1n) is 8.69. The molecule has 3 aliphatic carbocycles. The molecule has 4 nitrogen and oxygen atoms in total. The van der Waals surface area contributed by atoms with Gasteiger partial charge in [-0.25, -0.2) is 0 Å². The van der Waals surface area contributed by atoms with Crippen LogP contribution < -0.4 is 0 Å². The Balaban J connectivity index is 1.62. The molecule has 0 amide bonds. The highest BCUT2D eigenvalue weighted by molar-refractivity contribution is 5.94. The maximum atomic E-state index is 12.0. The Morgan fingerprint density at radius 1 is 1.36 bits per heavy atom. The van der Waals surface area contributed by atoms with Crippen molar-refractivity contribution in [2.45, 2.75) is 69.2 Å². The van der Waals surface area contributed by atoms with Crippen LogP contribution in [0.5, 0.6) is 0 Å². The highest BCUT2D eigenvalue weighted by atomic mass is 16.5. The van der Waals surface area contributed by atoms with E-state index in [9.17, 15) is 15.0 Å². The van der Waals surface area contributed by atoms with Gasteiger partial charge in [-0.05, 0) is 25.2 Å². The van der Waals surface area contributed by atoms with Crippen LogP contribution in [0.25, 0.3) is 0 Å². The maximum Gasteiger partial charge on any atom is 0.165 e. The van der Waals surface area contributed by atoms with Crippen molar-refractivity contribution in [1.29, 1.82) is 0 Å². The summed E-state index contributed by atoms with van der Waals surface area (Å²) in [5.74, 6) is 0.782. The molecule has 0 radical (unpaired) electrons. The molecule has 0 aromatic carbocycles. The van der Waals surface area contributed by atoms with Gasteiger partial charge in [0.2, 0.25) is 0 Å². The number of Topliss-reactive ketones (excluding diaryl/α,β-unsaturated/α-hetero) is 1. The van der Waals surface area contributed by atoms with Gasteiger partial charge in [-0.2, -0.15) is 0 Å². The van der Waals surface area contributed by atoms with Gasteiger partial charge in [-0.3, -0.25) is 4.79 Å². The molecule has 0 saturated heterocycles. The van der Waals surface area contributed by atoms with E-state index in [1.165, 1.54) is 25.7 Å². The normalized spacial score (nSPS) is 40.7. The first-order valence-corrected chi connectivity index (χ1v) is 8.69. The molecule has 0 aliphatic heterocycles. The fourth-order valence-electron chi connectivity index (χ4n) is 4.76. The molecule has 0 unspecified atom stereocenters. The third-order valence-electron chi connectivity index (χ3n) is 6.17. The van der Waals surface area contributed by atoms with E-state index in [0.29, 0.717) is 25.2 Å². The van der Waals surface area contributed by atoms with Crippen molar-refractivity contribution >= 4 is 5.78 Å².